The number of nitrogens with one attached hydrogen (secondary N) is 1. The highest BCUT2D eigenvalue weighted by Gasteiger charge is 2.27. The summed E-state index contributed by atoms with van der Waals surface area (Å²) < 4.78 is 10.3. The van der Waals surface area contributed by atoms with Crippen molar-refractivity contribution in [2.24, 2.45) is 5.92 Å². The quantitative estimate of drug-likeness (QED) is 0.500. The first-order chi connectivity index (χ1) is 11.4. The Hall–Kier alpha value is -2.89. The van der Waals surface area contributed by atoms with Crippen LogP contribution in [0.5, 0.6) is 5.75 Å². The number of ether oxygens (including phenoxy) is 1. The standard InChI is InChI=1S/C18H19NO5/c1-11(2)16(19-17(21)15-5-4-10-23-15)18(22)24-14-8-6-13(7-9-14)12(3)20/h4-11,16H,1-3H3,(H,19,21)/t16-/m0/s1. The number of amides is 1. The van der Waals surface area contributed by atoms with Gasteiger partial charge >= 0.3 is 5.97 Å². The van der Waals surface area contributed by atoms with Crippen LogP contribution in [0.25, 0.3) is 0 Å². The minimum absolute atomic E-state index is 0.0707. The largest absolute Gasteiger partial charge is 0.459 e. The van der Waals surface area contributed by atoms with Gasteiger partial charge in [-0.25, -0.2) is 4.79 Å². The molecule has 1 atom stereocenters. The zero-order valence-electron chi connectivity index (χ0n) is 13.7. The van der Waals surface area contributed by atoms with Crippen LogP contribution in [-0.2, 0) is 4.79 Å². The second-order valence-corrected chi connectivity index (χ2v) is 5.67. The van der Waals surface area contributed by atoms with E-state index in [1.807, 2.05) is 0 Å². The van der Waals surface area contributed by atoms with Gasteiger partial charge in [-0.05, 0) is 49.2 Å². The summed E-state index contributed by atoms with van der Waals surface area (Å²) in [6.07, 6.45) is 1.38. The van der Waals surface area contributed by atoms with E-state index in [1.165, 1.54) is 19.3 Å². The van der Waals surface area contributed by atoms with Gasteiger partial charge in [0, 0.05) is 5.56 Å². The van der Waals surface area contributed by atoms with Crippen LogP contribution in [0.4, 0.5) is 0 Å². The summed E-state index contributed by atoms with van der Waals surface area (Å²) in [7, 11) is 0. The molecule has 0 fully saturated rings. The van der Waals surface area contributed by atoms with E-state index in [1.54, 1.807) is 44.2 Å². The number of hydrogen-bond donors (Lipinski definition) is 1. The Bertz CT molecular complexity index is 716. The Balaban J connectivity index is 2.06. The molecular weight excluding hydrogens is 310 g/mol. The number of carbonyl (C=O) groups excluding carboxylic acids is 3. The SMILES string of the molecule is CC(=O)c1ccc(OC(=O)[C@@H](NC(=O)c2ccco2)C(C)C)cc1. The number of hydrogen-bond acceptors (Lipinski definition) is 5. The molecule has 0 saturated carbocycles. The topological polar surface area (TPSA) is 85.6 Å². The van der Waals surface area contributed by atoms with Crippen LogP contribution < -0.4 is 10.1 Å². The van der Waals surface area contributed by atoms with Crippen molar-refractivity contribution < 1.29 is 23.5 Å². The molecule has 1 heterocycles. The lowest BCUT2D eigenvalue weighted by molar-refractivity contribution is -0.137. The van der Waals surface area contributed by atoms with Crippen LogP contribution in [0.15, 0.2) is 47.1 Å². The molecule has 126 valence electrons. The Morgan fingerprint density at radius 2 is 1.75 bits per heavy atom. The highest BCUT2D eigenvalue weighted by molar-refractivity contribution is 5.95. The summed E-state index contributed by atoms with van der Waals surface area (Å²) in [4.78, 5) is 35.6. The van der Waals surface area contributed by atoms with Crippen molar-refractivity contribution in [3.8, 4) is 5.75 Å². The first-order valence-corrected chi connectivity index (χ1v) is 7.55. The van der Waals surface area contributed by atoms with E-state index in [2.05, 4.69) is 5.32 Å². The number of Topliss-reactive ketones (excluding diaryl/α,β-unsaturated/α-hetero) is 1. The third-order valence-electron chi connectivity index (χ3n) is 3.43. The van der Waals surface area contributed by atoms with Gasteiger partial charge in [0.25, 0.3) is 5.91 Å². The van der Waals surface area contributed by atoms with E-state index < -0.39 is 17.9 Å². The van der Waals surface area contributed by atoms with Gasteiger partial charge in [-0.3, -0.25) is 9.59 Å². The number of esters is 1. The first kappa shape index (κ1) is 17.5. The second-order valence-electron chi connectivity index (χ2n) is 5.67. The Morgan fingerprint density at radius 1 is 1.08 bits per heavy atom. The van der Waals surface area contributed by atoms with Gasteiger partial charge in [-0.1, -0.05) is 13.8 Å². The Kier molecular flexibility index (Phi) is 5.52. The van der Waals surface area contributed by atoms with Crippen molar-refractivity contribution in [1.29, 1.82) is 0 Å². The molecule has 6 nitrogen and oxygen atoms in total. The fourth-order valence-electron chi connectivity index (χ4n) is 2.06. The average molecular weight is 329 g/mol. The second kappa shape index (κ2) is 7.59. The van der Waals surface area contributed by atoms with E-state index in [4.69, 9.17) is 9.15 Å². The van der Waals surface area contributed by atoms with Gasteiger partial charge in [0.2, 0.25) is 0 Å². The zero-order valence-corrected chi connectivity index (χ0v) is 13.7. The van der Waals surface area contributed by atoms with Crippen LogP contribution in [0.3, 0.4) is 0 Å². The lowest BCUT2D eigenvalue weighted by Crippen LogP contribution is -2.46. The first-order valence-electron chi connectivity index (χ1n) is 7.55. The molecule has 0 unspecified atom stereocenters. The van der Waals surface area contributed by atoms with Gasteiger partial charge < -0.3 is 14.5 Å². The van der Waals surface area contributed by atoms with Crippen LogP contribution in [0, 0.1) is 5.92 Å². The molecular formula is C18H19NO5. The molecule has 24 heavy (non-hydrogen) atoms. The number of benzene rings is 1. The summed E-state index contributed by atoms with van der Waals surface area (Å²) in [5.41, 5.74) is 0.529. The summed E-state index contributed by atoms with van der Waals surface area (Å²) >= 11 is 0. The molecule has 0 bridgehead atoms. The van der Waals surface area contributed by atoms with Gasteiger partial charge in [-0.15, -0.1) is 0 Å². The lowest BCUT2D eigenvalue weighted by atomic mass is 10.0. The van der Waals surface area contributed by atoms with Crippen molar-refractivity contribution in [2.45, 2.75) is 26.8 Å². The predicted molar refractivity (Wildman–Crippen MR) is 86.9 cm³/mol. The summed E-state index contributed by atoms with van der Waals surface area (Å²) in [6, 6.07) is 8.52. The molecule has 0 aliphatic carbocycles. The zero-order chi connectivity index (χ0) is 17.7. The molecule has 0 aliphatic heterocycles. The minimum Gasteiger partial charge on any atom is -0.459 e. The fourth-order valence-corrected chi connectivity index (χ4v) is 2.06. The van der Waals surface area contributed by atoms with E-state index in [0.29, 0.717) is 11.3 Å². The number of carbonyl (C=O) groups is 3. The predicted octanol–water partition coefficient (Wildman–Crippen LogP) is 2.84. The number of ketones is 1. The molecule has 6 heteroatoms. The van der Waals surface area contributed by atoms with Crippen molar-refractivity contribution in [1.82, 2.24) is 5.32 Å². The van der Waals surface area contributed by atoms with E-state index in [-0.39, 0.29) is 17.5 Å². The van der Waals surface area contributed by atoms with Crippen LogP contribution >= 0.6 is 0 Å². The van der Waals surface area contributed by atoms with Crippen molar-refractivity contribution in [2.75, 3.05) is 0 Å². The normalized spacial score (nSPS) is 11.8. The molecule has 2 aromatic rings. The highest BCUT2D eigenvalue weighted by atomic mass is 16.5. The average Bonchev–Trinajstić information content (AvgIpc) is 3.07. The van der Waals surface area contributed by atoms with Gasteiger partial charge in [0.1, 0.15) is 11.8 Å². The molecule has 1 amide bonds. The highest BCUT2D eigenvalue weighted by Crippen LogP contribution is 2.15. The smallest absolute Gasteiger partial charge is 0.334 e. The monoisotopic (exact) mass is 329 g/mol. The van der Waals surface area contributed by atoms with Crippen molar-refractivity contribution >= 4 is 17.7 Å². The van der Waals surface area contributed by atoms with Crippen molar-refractivity contribution in [3.05, 3.63) is 54.0 Å². The maximum absolute atomic E-state index is 12.3. The van der Waals surface area contributed by atoms with E-state index >= 15 is 0 Å². The van der Waals surface area contributed by atoms with Crippen LogP contribution in [-0.4, -0.2) is 23.7 Å². The van der Waals surface area contributed by atoms with E-state index in [9.17, 15) is 14.4 Å². The summed E-state index contributed by atoms with van der Waals surface area (Å²) in [5.74, 6) is -0.878. The molecule has 1 aromatic carbocycles. The van der Waals surface area contributed by atoms with Gasteiger partial charge in [0.15, 0.2) is 11.5 Å². The molecule has 0 radical (unpaired) electrons. The third-order valence-corrected chi connectivity index (χ3v) is 3.43. The molecule has 0 aliphatic rings. The Labute approximate surface area is 139 Å². The van der Waals surface area contributed by atoms with Gasteiger partial charge in [0.05, 0.1) is 6.26 Å². The molecule has 2 rings (SSSR count). The fraction of sp³-hybridized carbons (Fsp3) is 0.278. The summed E-state index contributed by atoms with van der Waals surface area (Å²) in [5, 5.41) is 2.61. The summed E-state index contributed by atoms with van der Waals surface area (Å²) in [6.45, 7) is 5.06. The van der Waals surface area contributed by atoms with Crippen LogP contribution in [0.2, 0.25) is 0 Å². The van der Waals surface area contributed by atoms with E-state index in [0.717, 1.165) is 0 Å². The van der Waals surface area contributed by atoms with Gasteiger partial charge in [-0.2, -0.15) is 0 Å². The maximum Gasteiger partial charge on any atom is 0.334 e. The van der Waals surface area contributed by atoms with Crippen LogP contribution in [0.1, 0.15) is 41.7 Å². The lowest BCUT2D eigenvalue weighted by Gasteiger charge is -2.20. The Morgan fingerprint density at radius 3 is 2.25 bits per heavy atom. The number of rotatable bonds is 6. The van der Waals surface area contributed by atoms with Crippen molar-refractivity contribution in [3.63, 3.8) is 0 Å². The molecule has 0 spiro atoms. The number of furan rings is 1. The third kappa shape index (κ3) is 4.32. The molecule has 1 aromatic heterocycles. The molecule has 0 saturated heterocycles. The minimum atomic E-state index is -0.824. The molecule has 1 N–H and O–H groups in total. The maximum atomic E-state index is 12.3.